The van der Waals surface area contributed by atoms with E-state index in [-0.39, 0.29) is 40.3 Å². The van der Waals surface area contributed by atoms with E-state index in [1.165, 1.54) is 4.57 Å². The molecule has 4 aromatic rings. The summed E-state index contributed by atoms with van der Waals surface area (Å²) in [7, 11) is 0. The molecule has 0 radical (unpaired) electrons. The lowest BCUT2D eigenvalue weighted by Crippen LogP contribution is -2.30. The van der Waals surface area contributed by atoms with Crippen molar-refractivity contribution < 1.29 is 14.3 Å². The second-order valence-electron chi connectivity index (χ2n) is 8.23. The number of nitriles is 1. The van der Waals surface area contributed by atoms with Gasteiger partial charge < -0.3 is 4.74 Å². The Morgan fingerprint density at radius 3 is 2.03 bits per heavy atom. The van der Waals surface area contributed by atoms with Gasteiger partial charge in [-0.25, -0.2) is 4.98 Å². The van der Waals surface area contributed by atoms with Crippen LogP contribution in [0.3, 0.4) is 0 Å². The Balaban J connectivity index is 1.75. The van der Waals surface area contributed by atoms with E-state index in [0.29, 0.717) is 29.0 Å². The lowest BCUT2D eigenvalue weighted by atomic mass is 10.1. The fourth-order valence-corrected chi connectivity index (χ4v) is 5.10. The molecule has 0 bridgehead atoms. The van der Waals surface area contributed by atoms with Crippen LogP contribution in [0, 0.1) is 11.3 Å². The fraction of sp³-hybridized carbons (Fsp3) is 0.138. The smallest absolute Gasteiger partial charge is 0.273 e. The highest BCUT2D eigenvalue weighted by atomic mass is 79.9. The van der Waals surface area contributed by atoms with E-state index in [1.807, 2.05) is 13.0 Å². The van der Waals surface area contributed by atoms with E-state index in [1.54, 1.807) is 72.8 Å². The summed E-state index contributed by atoms with van der Waals surface area (Å²) in [6.07, 6.45) is 0. The van der Waals surface area contributed by atoms with Gasteiger partial charge in [-0.3, -0.25) is 19.0 Å². The van der Waals surface area contributed by atoms with Crippen molar-refractivity contribution in [3.8, 4) is 23.1 Å². The minimum atomic E-state index is -0.652. The van der Waals surface area contributed by atoms with Crippen molar-refractivity contribution >= 4 is 55.2 Å². The highest BCUT2D eigenvalue weighted by molar-refractivity contribution is 9.10. The van der Waals surface area contributed by atoms with Crippen molar-refractivity contribution in [3.63, 3.8) is 0 Å². The van der Waals surface area contributed by atoms with E-state index < -0.39 is 5.56 Å². The van der Waals surface area contributed by atoms with Crippen molar-refractivity contribution in [2.24, 2.45) is 0 Å². The van der Waals surface area contributed by atoms with Crippen molar-refractivity contribution in [1.29, 1.82) is 5.26 Å². The van der Waals surface area contributed by atoms with Gasteiger partial charge in [0.15, 0.2) is 16.7 Å². The number of benzene rings is 3. The molecule has 0 aliphatic carbocycles. The van der Waals surface area contributed by atoms with Gasteiger partial charge in [-0.15, -0.1) is 0 Å². The largest absolute Gasteiger partial charge is 0.494 e. The zero-order valence-electron chi connectivity index (χ0n) is 20.7. The Labute approximate surface area is 246 Å². The molecule has 0 saturated carbocycles. The lowest BCUT2D eigenvalue weighted by molar-refractivity contribution is 0.0966. The number of carbonyl (C=O) groups is 2. The number of ether oxygens (including phenoxy) is 1. The van der Waals surface area contributed by atoms with E-state index >= 15 is 0 Å². The van der Waals surface area contributed by atoms with Gasteiger partial charge in [0, 0.05) is 25.6 Å². The van der Waals surface area contributed by atoms with Gasteiger partial charge in [-0.1, -0.05) is 67.9 Å². The van der Waals surface area contributed by atoms with Crippen LogP contribution in [0.4, 0.5) is 0 Å². The molecular formula is C29H21Br2N3O4S. The molecule has 39 heavy (non-hydrogen) atoms. The number of Topliss-reactive ketones (excluding diaryl/α,β-unsaturated/α-hetero) is 2. The van der Waals surface area contributed by atoms with Gasteiger partial charge >= 0.3 is 0 Å². The molecule has 0 aliphatic rings. The quantitative estimate of drug-likeness (QED) is 0.107. The van der Waals surface area contributed by atoms with Crippen LogP contribution in [0.25, 0.3) is 11.3 Å². The molecule has 0 fully saturated rings. The van der Waals surface area contributed by atoms with Crippen molar-refractivity contribution in [1.82, 2.24) is 9.55 Å². The summed E-state index contributed by atoms with van der Waals surface area (Å²) in [4.78, 5) is 44.2. The molecule has 0 unspecified atom stereocenters. The molecule has 0 atom stereocenters. The van der Waals surface area contributed by atoms with Crippen molar-refractivity contribution in [2.75, 3.05) is 12.4 Å². The van der Waals surface area contributed by atoms with Crippen LogP contribution in [0.2, 0.25) is 0 Å². The Bertz CT molecular complexity index is 1610. The Morgan fingerprint density at radius 2 is 1.49 bits per heavy atom. The summed E-state index contributed by atoms with van der Waals surface area (Å²) in [5.41, 5.74) is 0.787. The number of halogens is 2. The average Bonchev–Trinajstić information content (AvgIpc) is 2.94. The maximum absolute atomic E-state index is 13.6. The third-order valence-corrected chi connectivity index (χ3v) is 7.68. The van der Waals surface area contributed by atoms with Crippen LogP contribution in [0.15, 0.2) is 91.7 Å². The van der Waals surface area contributed by atoms with Gasteiger partial charge in [0.05, 0.1) is 24.6 Å². The fourth-order valence-electron chi connectivity index (χ4n) is 3.69. The standard InChI is InChI=1S/C29H21Br2N3O4S/c1-2-38-23-13-7-20(8-14-23)27-24(15-32)28(37)34(16-25(35)18-3-9-21(30)10-4-18)29(33-27)39-17-26(36)19-5-11-22(31)12-6-19/h3-14H,2,16-17H2,1H3. The molecule has 4 rings (SSSR count). The van der Waals surface area contributed by atoms with Gasteiger partial charge in [0.2, 0.25) is 0 Å². The molecule has 1 heterocycles. The van der Waals surface area contributed by atoms with Crippen LogP contribution in [-0.2, 0) is 6.54 Å². The first-order chi connectivity index (χ1) is 18.8. The van der Waals surface area contributed by atoms with E-state index in [9.17, 15) is 19.6 Å². The van der Waals surface area contributed by atoms with Crippen molar-refractivity contribution in [3.05, 3.63) is 109 Å². The molecule has 1 aromatic heterocycles. The molecule has 0 N–H and O–H groups in total. The summed E-state index contributed by atoms with van der Waals surface area (Å²) in [5, 5.41) is 10.1. The van der Waals surface area contributed by atoms with Crippen LogP contribution < -0.4 is 10.3 Å². The van der Waals surface area contributed by atoms with Crippen LogP contribution in [0.1, 0.15) is 33.2 Å². The van der Waals surface area contributed by atoms with Gasteiger partial charge in [0.25, 0.3) is 5.56 Å². The summed E-state index contributed by atoms with van der Waals surface area (Å²) >= 11 is 7.75. The number of rotatable bonds is 10. The predicted molar refractivity (Wildman–Crippen MR) is 157 cm³/mol. The number of nitrogens with zero attached hydrogens (tertiary/aromatic N) is 3. The topological polar surface area (TPSA) is 102 Å². The molecule has 7 nitrogen and oxygen atoms in total. The normalized spacial score (nSPS) is 10.6. The van der Waals surface area contributed by atoms with Gasteiger partial charge in [0.1, 0.15) is 17.4 Å². The zero-order valence-corrected chi connectivity index (χ0v) is 24.7. The predicted octanol–water partition coefficient (Wildman–Crippen LogP) is 6.56. The first kappa shape index (κ1) is 28.5. The molecule has 3 aromatic carbocycles. The number of thioether (sulfide) groups is 1. The van der Waals surface area contributed by atoms with Crippen LogP contribution >= 0.6 is 43.6 Å². The number of carbonyl (C=O) groups excluding carboxylic acids is 2. The third kappa shape index (κ3) is 6.92. The Hall–Kier alpha value is -3.52. The lowest BCUT2D eigenvalue weighted by Gasteiger charge is -2.14. The number of ketones is 2. The number of aromatic nitrogens is 2. The second kappa shape index (κ2) is 13.0. The van der Waals surface area contributed by atoms with Crippen LogP contribution in [-0.4, -0.2) is 33.5 Å². The molecular weight excluding hydrogens is 646 g/mol. The van der Waals surface area contributed by atoms with Crippen molar-refractivity contribution in [2.45, 2.75) is 18.6 Å². The monoisotopic (exact) mass is 665 g/mol. The molecule has 0 spiro atoms. The number of hydrogen-bond acceptors (Lipinski definition) is 7. The van der Waals surface area contributed by atoms with Gasteiger partial charge in [-0.05, 0) is 55.5 Å². The zero-order chi connectivity index (χ0) is 27.9. The summed E-state index contributed by atoms with van der Waals surface area (Å²) in [5.74, 6) is 0.127. The molecule has 0 saturated heterocycles. The second-order valence-corrected chi connectivity index (χ2v) is 11.0. The minimum Gasteiger partial charge on any atom is -0.494 e. The summed E-state index contributed by atoms with van der Waals surface area (Å²) < 4.78 is 8.32. The number of hydrogen-bond donors (Lipinski definition) is 0. The maximum Gasteiger partial charge on any atom is 0.273 e. The van der Waals surface area contributed by atoms with E-state index in [0.717, 1.165) is 20.7 Å². The third-order valence-electron chi connectivity index (χ3n) is 5.65. The Morgan fingerprint density at radius 1 is 0.923 bits per heavy atom. The molecule has 196 valence electrons. The highest BCUT2D eigenvalue weighted by Gasteiger charge is 2.21. The average molecular weight is 667 g/mol. The highest BCUT2D eigenvalue weighted by Crippen LogP contribution is 2.26. The molecule has 10 heteroatoms. The summed E-state index contributed by atoms with van der Waals surface area (Å²) in [6.45, 7) is 2.04. The SMILES string of the molecule is CCOc1ccc(-c2nc(SCC(=O)c3ccc(Br)cc3)n(CC(=O)c3ccc(Br)cc3)c(=O)c2C#N)cc1. The minimum absolute atomic E-state index is 0.0187. The van der Waals surface area contributed by atoms with Crippen LogP contribution in [0.5, 0.6) is 5.75 Å². The molecule has 0 aliphatic heterocycles. The first-order valence-electron chi connectivity index (χ1n) is 11.8. The Kier molecular flexibility index (Phi) is 9.51. The maximum atomic E-state index is 13.6. The van der Waals surface area contributed by atoms with E-state index in [2.05, 4.69) is 36.8 Å². The molecule has 0 amide bonds. The first-order valence-corrected chi connectivity index (χ1v) is 14.4. The van der Waals surface area contributed by atoms with E-state index in [4.69, 9.17) is 4.74 Å². The summed E-state index contributed by atoms with van der Waals surface area (Å²) in [6, 6.07) is 22.6. The van der Waals surface area contributed by atoms with Gasteiger partial charge in [-0.2, -0.15) is 5.26 Å².